The van der Waals surface area contributed by atoms with Gasteiger partial charge in [0, 0.05) is 11.3 Å². The monoisotopic (exact) mass is 296 g/mol. The van der Waals surface area contributed by atoms with Crippen LogP contribution in [0.4, 0.5) is 0 Å². The molecule has 1 aromatic heterocycles. The fourth-order valence-electron chi connectivity index (χ4n) is 2.60. The Balaban J connectivity index is 2.09. The summed E-state index contributed by atoms with van der Waals surface area (Å²) >= 11 is 1.52. The minimum Gasteiger partial charge on any atom is -0.458 e. The number of Topliss-reactive ketones (excluding diaryl/α,β-unsaturated/α-hetero) is 1. The Kier molecular flexibility index (Phi) is 4.60. The minimum absolute atomic E-state index is 0.0312. The lowest BCUT2D eigenvalue weighted by Gasteiger charge is -2.39. The molecule has 0 radical (unpaired) electrons. The van der Waals surface area contributed by atoms with Crippen molar-refractivity contribution < 1.29 is 19.4 Å². The van der Waals surface area contributed by atoms with Crippen molar-refractivity contribution in [3.8, 4) is 0 Å². The first-order valence-electron chi connectivity index (χ1n) is 6.86. The second-order valence-electron chi connectivity index (χ2n) is 5.67. The lowest BCUT2D eigenvalue weighted by molar-refractivity contribution is -0.177. The first kappa shape index (κ1) is 15.2. The minimum atomic E-state index is -0.673. The van der Waals surface area contributed by atoms with E-state index in [2.05, 4.69) is 0 Å². The maximum Gasteiger partial charge on any atom is 0.313 e. The molecule has 0 bridgehead atoms. The maximum atomic E-state index is 11.7. The van der Waals surface area contributed by atoms with Gasteiger partial charge in [0.2, 0.25) is 0 Å². The highest BCUT2D eigenvalue weighted by Crippen LogP contribution is 2.35. The van der Waals surface area contributed by atoms with Crippen LogP contribution in [0.25, 0.3) is 0 Å². The summed E-state index contributed by atoms with van der Waals surface area (Å²) in [5.74, 6) is -0.334. The summed E-state index contributed by atoms with van der Waals surface area (Å²) in [6.45, 7) is 4.02. The van der Waals surface area contributed by atoms with Gasteiger partial charge in [0.05, 0.1) is 6.61 Å². The molecule has 1 aliphatic heterocycles. The molecule has 1 N–H and O–H groups in total. The molecule has 0 aliphatic carbocycles. The van der Waals surface area contributed by atoms with Crippen LogP contribution in [-0.4, -0.2) is 22.5 Å². The van der Waals surface area contributed by atoms with Gasteiger partial charge < -0.3 is 9.84 Å². The molecule has 1 unspecified atom stereocenters. The molecule has 1 atom stereocenters. The highest BCUT2D eigenvalue weighted by atomic mass is 32.1. The fourth-order valence-corrected chi connectivity index (χ4v) is 3.38. The third-order valence-electron chi connectivity index (χ3n) is 3.91. The van der Waals surface area contributed by atoms with Crippen LogP contribution < -0.4 is 0 Å². The third kappa shape index (κ3) is 3.27. The molecule has 1 fully saturated rings. The molecule has 0 spiro atoms. The van der Waals surface area contributed by atoms with Gasteiger partial charge in [-0.1, -0.05) is 13.8 Å². The second-order valence-corrected chi connectivity index (χ2v) is 6.66. The number of carbonyl (C=O) groups excluding carboxylic acids is 2. The molecule has 2 heterocycles. The molecule has 1 saturated heterocycles. The number of hydrogen-bond acceptors (Lipinski definition) is 5. The number of aliphatic hydroxyl groups is 1. The van der Waals surface area contributed by atoms with Crippen molar-refractivity contribution in [1.82, 2.24) is 0 Å². The van der Waals surface area contributed by atoms with Gasteiger partial charge in [0.15, 0.2) is 0 Å². The highest BCUT2D eigenvalue weighted by molar-refractivity contribution is 7.10. The maximum absolute atomic E-state index is 11.7. The van der Waals surface area contributed by atoms with Crippen LogP contribution in [-0.2, 0) is 27.4 Å². The largest absolute Gasteiger partial charge is 0.458 e. The number of ether oxygens (including phenoxy) is 1. The fraction of sp³-hybridized carbons (Fsp3) is 0.600. The van der Waals surface area contributed by atoms with Gasteiger partial charge in [0.25, 0.3) is 0 Å². The van der Waals surface area contributed by atoms with Crippen molar-refractivity contribution in [1.29, 1.82) is 0 Å². The quantitative estimate of drug-likeness (QED) is 0.669. The Morgan fingerprint density at radius 1 is 1.45 bits per heavy atom. The number of cyclic esters (lactones) is 1. The van der Waals surface area contributed by atoms with E-state index >= 15 is 0 Å². The molecule has 1 aliphatic rings. The van der Waals surface area contributed by atoms with Crippen molar-refractivity contribution >= 4 is 23.1 Å². The number of rotatable bonds is 5. The molecule has 5 heteroatoms. The normalized spacial score (nSPS) is 23.2. The number of ketones is 1. The van der Waals surface area contributed by atoms with Gasteiger partial charge in [-0.25, -0.2) is 0 Å². The Labute approximate surface area is 122 Å². The Morgan fingerprint density at radius 3 is 2.75 bits per heavy atom. The number of esters is 1. The van der Waals surface area contributed by atoms with Crippen molar-refractivity contribution in [2.45, 2.75) is 51.7 Å². The summed E-state index contributed by atoms with van der Waals surface area (Å²) in [5.41, 5.74) is 0.446. The topological polar surface area (TPSA) is 63.6 Å². The van der Waals surface area contributed by atoms with Crippen LogP contribution in [0.2, 0.25) is 0 Å². The molecule has 4 nitrogen and oxygen atoms in total. The average Bonchev–Trinajstić information content (AvgIpc) is 2.83. The number of aryl methyl sites for hydroxylation is 1. The standard InChI is InChI=1S/C15H20O4S/c1-10(2)15(7-12(17)6-14(18)19-15)4-3-11-5-13(8-16)20-9-11/h5,9-10,16H,3-4,6-8H2,1-2H3. The molecule has 110 valence electrons. The Hall–Kier alpha value is -1.20. The van der Waals surface area contributed by atoms with Gasteiger partial charge in [-0.05, 0) is 35.8 Å². The molecule has 0 aromatic carbocycles. The summed E-state index contributed by atoms with van der Waals surface area (Å²) in [6, 6.07) is 1.96. The summed E-state index contributed by atoms with van der Waals surface area (Å²) < 4.78 is 5.55. The first-order valence-corrected chi connectivity index (χ1v) is 7.74. The number of thiophene rings is 1. The summed E-state index contributed by atoms with van der Waals surface area (Å²) in [5, 5.41) is 11.1. The zero-order chi connectivity index (χ0) is 14.8. The Morgan fingerprint density at radius 2 is 2.20 bits per heavy atom. The zero-order valence-corrected chi connectivity index (χ0v) is 12.7. The van der Waals surface area contributed by atoms with Crippen LogP contribution in [0, 0.1) is 5.92 Å². The average molecular weight is 296 g/mol. The number of carbonyl (C=O) groups is 2. The van der Waals surface area contributed by atoms with Crippen molar-refractivity contribution in [2.75, 3.05) is 0 Å². The summed E-state index contributed by atoms with van der Waals surface area (Å²) in [7, 11) is 0. The molecule has 20 heavy (non-hydrogen) atoms. The van der Waals surface area contributed by atoms with E-state index in [9.17, 15) is 9.59 Å². The second kappa shape index (κ2) is 6.06. The first-order chi connectivity index (χ1) is 9.45. The Bertz CT molecular complexity index is 488. The van der Waals surface area contributed by atoms with E-state index in [0.717, 1.165) is 16.9 Å². The SMILES string of the molecule is CC(C)C1(CCc2csc(CO)c2)CC(=O)CC(=O)O1. The zero-order valence-electron chi connectivity index (χ0n) is 11.8. The lowest BCUT2D eigenvalue weighted by Crippen LogP contribution is -2.47. The third-order valence-corrected chi connectivity index (χ3v) is 4.88. The van der Waals surface area contributed by atoms with E-state index in [1.54, 1.807) is 0 Å². The van der Waals surface area contributed by atoms with Crippen molar-refractivity contribution in [2.24, 2.45) is 5.92 Å². The lowest BCUT2D eigenvalue weighted by atomic mass is 9.79. The molecule has 0 saturated carbocycles. The van der Waals surface area contributed by atoms with Crippen LogP contribution in [0.15, 0.2) is 11.4 Å². The van der Waals surface area contributed by atoms with Crippen LogP contribution in [0.1, 0.15) is 43.6 Å². The van der Waals surface area contributed by atoms with E-state index in [1.165, 1.54) is 11.3 Å². The van der Waals surface area contributed by atoms with Gasteiger partial charge >= 0.3 is 5.97 Å². The van der Waals surface area contributed by atoms with Crippen LogP contribution >= 0.6 is 11.3 Å². The van der Waals surface area contributed by atoms with Gasteiger partial charge in [-0.3, -0.25) is 9.59 Å². The summed E-state index contributed by atoms with van der Waals surface area (Å²) in [6.07, 6.45) is 1.61. The van der Waals surface area contributed by atoms with Gasteiger partial charge in [-0.15, -0.1) is 11.3 Å². The number of hydrogen-bond donors (Lipinski definition) is 1. The predicted octanol–water partition coefficient (Wildman–Crippen LogP) is 2.47. The molecule has 0 amide bonds. The smallest absolute Gasteiger partial charge is 0.313 e. The van der Waals surface area contributed by atoms with E-state index in [0.29, 0.717) is 12.8 Å². The van der Waals surface area contributed by atoms with Gasteiger partial charge in [0.1, 0.15) is 17.8 Å². The van der Waals surface area contributed by atoms with Crippen molar-refractivity contribution in [3.63, 3.8) is 0 Å². The van der Waals surface area contributed by atoms with E-state index in [-0.39, 0.29) is 24.7 Å². The van der Waals surface area contributed by atoms with E-state index in [1.807, 2.05) is 25.3 Å². The predicted molar refractivity (Wildman–Crippen MR) is 76.5 cm³/mol. The number of aliphatic hydroxyl groups excluding tert-OH is 1. The van der Waals surface area contributed by atoms with E-state index in [4.69, 9.17) is 9.84 Å². The van der Waals surface area contributed by atoms with Crippen molar-refractivity contribution in [3.05, 3.63) is 21.9 Å². The van der Waals surface area contributed by atoms with Gasteiger partial charge in [-0.2, -0.15) is 0 Å². The molecular formula is C15H20O4S. The molecular weight excluding hydrogens is 276 g/mol. The molecule has 1 aromatic rings. The van der Waals surface area contributed by atoms with Crippen LogP contribution in [0.5, 0.6) is 0 Å². The van der Waals surface area contributed by atoms with Crippen LogP contribution in [0.3, 0.4) is 0 Å². The summed E-state index contributed by atoms with van der Waals surface area (Å²) in [4.78, 5) is 24.2. The van der Waals surface area contributed by atoms with E-state index < -0.39 is 11.6 Å². The highest BCUT2D eigenvalue weighted by Gasteiger charge is 2.43. The molecule has 2 rings (SSSR count).